The van der Waals surface area contributed by atoms with E-state index in [2.05, 4.69) is 6.92 Å². The Labute approximate surface area is 87.5 Å². The number of ether oxygens (including phenoxy) is 1. The summed E-state index contributed by atoms with van der Waals surface area (Å²) in [5, 5.41) is 0. The van der Waals surface area contributed by atoms with Crippen LogP contribution in [0.15, 0.2) is 0 Å². The van der Waals surface area contributed by atoms with Crippen LogP contribution < -0.4 is 0 Å². The van der Waals surface area contributed by atoms with Gasteiger partial charge in [0.25, 0.3) is 0 Å². The number of hydrogen-bond donors (Lipinski definition) is 0. The van der Waals surface area contributed by atoms with E-state index in [9.17, 15) is 9.59 Å². The molecule has 14 heavy (non-hydrogen) atoms. The first-order chi connectivity index (χ1) is 6.74. The Kier molecular flexibility index (Phi) is 8.22. The maximum absolute atomic E-state index is 10.9. The highest BCUT2D eigenvalue weighted by Gasteiger charge is 2.04. The van der Waals surface area contributed by atoms with Gasteiger partial charge >= 0.3 is 12.4 Å². The molecule has 1 radical (unpaired) electrons. The topological polar surface area (TPSA) is 46.6 Å². The summed E-state index contributed by atoms with van der Waals surface area (Å²) in [5.41, 5.74) is 0. The number of rotatable bonds is 8. The van der Waals surface area contributed by atoms with Crippen molar-refractivity contribution in [2.45, 2.75) is 32.7 Å². The van der Waals surface area contributed by atoms with Crippen LogP contribution in [-0.2, 0) is 14.3 Å². The first-order valence-electron chi connectivity index (χ1n) is 5.02. The third kappa shape index (κ3) is 6.65. The molecule has 0 unspecified atom stereocenters. The second-order valence-electron chi connectivity index (χ2n) is 2.99. The molecule has 0 saturated carbocycles. The van der Waals surface area contributed by atoms with E-state index in [4.69, 9.17) is 4.74 Å². The summed E-state index contributed by atoms with van der Waals surface area (Å²) >= 11 is 0. The van der Waals surface area contributed by atoms with Gasteiger partial charge in [-0.05, 0) is 19.4 Å². The summed E-state index contributed by atoms with van der Waals surface area (Å²) in [6.07, 6.45) is 2.98. The molecule has 0 aromatic carbocycles. The van der Waals surface area contributed by atoms with Gasteiger partial charge < -0.3 is 9.30 Å². The van der Waals surface area contributed by atoms with Crippen molar-refractivity contribution in [1.29, 1.82) is 0 Å². The number of amides is 1. The molecule has 0 fully saturated rings. The summed E-state index contributed by atoms with van der Waals surface area (Å²) in [4.78, 5) is 21.4. The minimum atomic E-state index is -0.463. The number of hydrogen-bond acceptors (Lipinski definition) is 3. The van der Waals surface area contributed by atoms with Crippen LogP contribution >= 0.6 is 0 Å². The third-order valence-corrected chi connectivity index (χ3v) is 3.17. The number of carbonyl (C=O) groups is 1. The molecule has 0 rings (SSSR count). The molecule has 0 aromatic heterocycles. The maximum Gasteiger partial charge on any atom is 0.305 e. The Hall–Kier alpha value is -0.843. The van der Waals surface area contributed by atoms with Gasteiger partial charge in [-0.1, -0.05) is 6.92 Å². The van der Waals surface area contributed by atoms with Crippen molar-refractivity contribution in [3.8, 4) is 0 Å². The Balaban J connectivity index is 3.50. The minimum Gasteiger partial charge on any atom is -0.466 e. The fraction of sp³-hybridized carbons (Fsp3) is 0.778. The molecule has 0 N–H and O–H groups in total. The minimum absolute atomic E-state index is 0.184. The van der Waals surface area contributed by atoms with Crippen LogP contribution in [0.5, 0.6) is 0 Å². The van der Waals surface area contributed by atoms with Crippen molar-refractivity contribution in [3.05, 3.63) is 0 Å². The molecule has 81 valence electrons. The highest BCUT2D eigenvalue weighted by Crippen LogP contribution is 1.95. The lowest BCUT2D eigenvalue weighted by Gasteiger charge is -2.14. The van der Waals surface area contributed by atoms with Crippen LogP contribution in [0.2, 0.25) is 6.04 Å². The molecular weight excluding hydrogens is 198 g/mol. The highest BCUT2D eigenvalue weighted by atomic mass is 28.2. The van der Waals surface area contributed by atoms with E-state index in [1.165, 1.54) is 0 Å². The largest absolute Gasteiger partial charge is 0.466 e. The van der Waals surface area contributed by atoms with Crippen LogP contribution in [0, 0.1) is 0 Å². The predicted molar refractivity (Wildman–Crippen MR) is 57.3 cm³/mol. The smallest absolute Gasteiger partial charge is 0.305 e. The third-order valence-electron chi connectivity index (χ3n) is 1.74. The van der Waals surface area contributed by atoms with Crippen LogP contribution in [-0.4, -0.2) is 39.8 Å². The SMILES string of the molecule is CCOC(=O)CCCN([C]=O)[SiH2]CC. The van der Waals surface area contributed by atoms with Crippen LogP contribution in [0.3, 0.4) is 0 Å². The van der Waals surface area contributed by atoms with Gasteiger partial charge in [0.2, 0.25) is 0 Å². The Bertz CT molecular complexity index is 175. The van der Waals surface area contributed by atoms with Crippen molar-refractivity contribution in [2.24, 2.45) is 0 Å². The quantitative estimate of drug-likeness (QED) is 0.331. The van der Waals surface area contributed by atoms with E-state index < -0.39 is 9.68 Å². The van der Waals surface area contributed by atoms with Gasteiger partial charge in [-0.15, -0.1) is 0 Å². The lowest BCUT2D eigenvalue weighted by Crippen LogP contribution is -2.27. The molecule has 0 aliphatic heterocycles. The average Bonchev–Trinajstić information content (AvgIpc) is 2.17. The molecule has 5 heteroatoms. The molecule has 4 nitrogen and oxygen atoms in total. The average molecular weight is 216 g/mol. The molecule has 0 atom stereocenters. The molecule has 0 saturated heterocycles. The van der Waals surface area contributed by atoms with Crippen LogP contribution in [0.25, 0.3) is 0 Å². The zero-order chi connectivity index (χ0) is 10.8. The van der Waals surface area contributed by atoms with E-state index in [0.717, 1.165) is 6.04 Å². The first-order valence-corrected chi connectivity index (χ1v) is 6.66. The standard InChI is InChI=1S/C9H18NO3Si/c1-3-13-9(12)6-5-7-10(8-11)14-4-2/h3-7,14H2,1-2H3. The normalized spacial score (nSPS) is 10.4. The number of nitrogens with zero attached hydrogens (tertiary/aromatic N) is 1. The zero-order valence-corrected chi connectivity index (χ0v) is 10.3. The van der Waals surface area contributed by atoms with E-state index in [1.54, 1.807) is 11.5 Å². The molecule has 1 amide bonds. The maximum atomic E-state index is 10.9. The van der Waals surface area contributed by atoms with Gasteiger partial charge in [-0.25, -0.2) is 0 Å². The van der Waals surface area contributed by atoms with Crippen molar-refractivity contribution in [2.75, 3.05) is 13.2 Å². The molecule has 0 aliphatic carbocycles. The summed E-state index contributed by atoms with van der Waals surface area (Å²) in [5.74, 6) is -0.184. The monoisotopic (exact) mass is 216 g/mol. The highest BCUT2D eigenvalue weighted by molar-refractivity contribution is 6.34. The van der Waals surface area contributed by atoms with Crippen LogP contribution in [0.4, 0.5) is 0 Å². The van der Waals surface area contributed by atoms with Crippen molar-refractivity contribution in [1.82, 2.24) is 4.57 Å². The molecule has 0 spiro atoms. The van der Waals surface area contributed by atoms with Gasteiger partial charge in [0.05, 0.1) is 6.61 Å². The Morgan fingerprint density at radius 3 is 2.71 bits per heavy atom. The lowest BCUT2D eigenvalue weighted by atomic mass is 10.3. The molecule has 0 aromatic rings. The van der Waals surface area contributed by atoms with Crippen molar-refractivity contribution >= 4 is 22.1 Å². The summed E-state index contributed by atoms with van der Waals surface area (Å²) in [6, 6.07) is 1.05. The fourth-order valence-corrected chi connectivity index (χ4v) is 2.20. The van der Waals surface area contributed by atoms with E-state index in [-0.39, 0.29) is 5.97 Å². The van der Waals surface area contributed by atoms with Crippen molar-refractivity contribution in [3.63, 3.8) is 0 Å². The van der Waals surface area contributed by atoms with Crippen LogP contribution in [0.1, 0.15) is 26.7 Å². The Morgan fingerprint density at radius 1 is 1.50 bits per heavy atom. The zero-order valence-electron chi connectivity index (χ0n) is 8.91. The molecular formula is C9H18NO3Si. The summed E-state index contributed by atoms with van der Waals surface area (Å²) < 4.78 is 6.47. The predicted octanol–water partition coefficient (Wildman–Crippen LogP) is 0.221. The van der Waals surface area contributed by atoms with E-state index in [0.29, 0.717) is 26.0 Å². The van der Waals surface area contributed by atoms with E-state index >= 15 is 0 Å². The molecule has 0 heterocycles. The summed E-state index contributed by atoms with van der Waals surface area (Å²) in [7, 11) is -0.463. The first kappa shape index (κ1) is 13.2. The lowest BCUT2D eigenvalue weighted by molar-refractivity contribution is -0.143. The second kappa shape index (κ2) is 8.74. The van der Waals surface area contributed by atoms with E-state index in [1.807, 2.05) is 6.41 Å². The van der Waals surface area contributed by atoms with Gasteiger partial charge in [0, 0.05) is 13.0 Å². The van der Waals surface area contributed by atoms with Gasteiger partial charge in [0.1, 0.15) is 9.68 Å². The fourth-order valence-electron chi connectivity index (χ4n) is 1.12. The molecule has 0 aliphatic rings. The number of esters is 1. The summed E-state index contributed by atoms with van der Waals surface area (Å²) in [6.45, 7) is 4.91. The van der Waals surface area contributed by atoms with Crippen molar-refractivity contribution < 1.29 is 14.3 Å². The molecule has 0 bridgehead atoms. The van der Waals surface area contributed by atoms with Gasteiger partial charge in [-0.2, -0.15) is 0 Å². The van der Waals surface area contributed by atoms with Gasteiger partial charge in [-0.3, -0.25) is 9.59 Å². The Morgan fingerprint density at radius 2 is 2.21 bits per heavy atom. The number of carbonyl (C=O) groups excluding carboxylic acids is 2. The second-order valence-corrected chi connectivity index (χ2v) is 5.20. The van der Waals surface area contributed by atoms with Gasteiger partial charge in [0.15, 0.2) is 0 Å².